The van der Waals surface area contributed by atoms with Crippen molar-refractivity contribution < 1.29 is 9.90 Å². The monoisotopic (exact) mass is 275 g/mol. The van der Waals surface area contributed by atoms with Crippen LogP contribution in [0.4, 0.5) is 5.82 Å². The first-order valence-corrected chi connectivity index (χ1v) is 7.00. The Balaban J connectivity index is 1.94. The molecule has 2 rings (SSSR count). The summed E-state index contributed by atoms with van der Waals surface area (Å²) in [5, 5.41) is 15.8. The molecule has 1 fully saturated rings. The van der Waals surface area contributed by atoms with Gasteiger partial charge in [0.1, 0.15) is 5.82 Å². The first-order chi connectivity index (χ1) is 9.70. The Kier molecular flexibility index (Phi) is 5.12. The third-order valence-electron chi connectivity index (χ3n) is 3.50. The number of hydrogen-bond acceptors (Lipinski definition) is 4. The van der Waals surface area contributed by atoms with Crippen LogP contribution in [0.5, 0.6) is 0 Å². The number of hydrogen-bond donors (Lipinski definition) is 3. The predicted octanol–water partition coefficient (Wildman–Crippen LogP) is 1.71. The molecule has 2 atom stereocenters. The molecule has 0 aliphatic heterocycles. The topological polar surface area (TPSA) is 74.2 Å². The minimum atomic E-state index is -0.318. The average molecular weight is 275 g/mol. The Labute approximate surface area is 119 Å². The summed E-state index contributed by atoms with van der Waals surface area (Å²) in [7, 11) is 0. The maximum absolute atomic E-state index is 11.7. The van der Waals surface area contributed by atoms with E-state index in [1.54, 1.807) is 18.2 Å². The molecule has 0 radical (unpaired) electrons. The molecule has 1 amide bonds. The van der Waals surface area contributed by atoms with Crippen LogP contribution >= 0.6 is 0 Å². The van der Waals surface area contributed by atoms with Crippen molar-refractivity contribution in [2.45, 2.75) is 37.8 Å². The molecule has 3 N–H and O–H groups in total. The van der Waals surface area contributed by atoms with Gasteiger partial charge in [0.05, 0.1) is 17.7 Å². The summed E-state index contributed by atoms with van der Waals surface area (Å²) in [6.45, 7) is 3.99. The van der Waals surface area contributed by atoms with Gasteiger partial charge in [-0.3, -0.25) is 4.79 Å². The van der Waals surface area contributed by atoms with Gasteiger partial charge in [-0.15, -0.1) is 6.58 Å². The van der Waals surface area contributed by atoms with Crippen LogP contribution in [0, 0.1) is 0 Å². The fourth-order valence-corrected chi connectivity index (χ4v) is 2.35. The zero-order chi connectivity index (χ0) is 14.4. The lowest BCUT2D eigenvalue weighted by Gasteiger charge is -2.28. The number of pyridine rings is 1. The molecule has 1 aromatic rings. The van der Waals surface area contributed by atoms with Gasteiger partial charge in [0.2, 0.25) is 0 Å². The Morgan fingerprint density at radius 2 is 2.25 bits per heavy atom. The van der Waals surface area contributed by atoms with Crippen LogP contribution < -0.4 is 10.6 Å². The van der Waals surface area contributed by atoms with Gasteiger partial charge in [-0.2, -0.15) is 0 Å². The molecule has 0 bridgehead atoms. The van der Waals surface area contributed by atoms with Crippen molar-refractivity contribution in [1.29, 1.82) is 0 Å². The number of carbonyl (C=O) groups excluding carboxylic acids is 1. The number of rotatable bonds is 5. The summed E-state index contributed by atoms with van der Waals surface area (Å²) in [4.78, 5) is 15.9. The zero-order valence-electron chi connectivity index (χ0n) is 11.5. The molecule has 5 heteroatoms. The van der Waals surface area contributed by atoms with Crippen molar-refractivity contribution >= 4 is 11.7 Å². The maximum atomic E-state index is 11.7. The Hall–Kier alpha value is -1.88. The number of anilines is 1. The minimum Gasteiger partial charge on any atom is -0.391 e. The Morgan fingerprint density at radius 1 is 1.45 bits per heavy atom. The SMILES string of the molecule is C=CCNC(=O)c1ccc(N[C@H]2CCCC[C@H]2O)nc1. The molecule has 0 aromatic carbocycles. The summed E-state index contributed by atoms with van der Waals surface area (Å²) in [5.74, 6) is 0.526. The maximum Gasteiger partial charge on any atom is 0.253 e. The highest BCUT2D eigenvalue weighted by Gasteiger charge is 2.22. The second kappa shape index (κ2) is 7.05. The van der Waals surface area contributed by atoms with Crippen molar-refractivity contribution in [3.8, 4) is 0 Å². The number of aliphatic hydroxyl groups is 1. The van der Waals surface area contributed by atoms with E-state index in [2.05, 4.69) is 22.2 Å². The van der Waals surface area contributed by atoms with Crippen molar-refractivity contribution in [3.63, 3.8) is 0 Å². The van der Waals surface area contributed by atoms with Crippen LogP contribution in [0.3, 0.4) is 0 Å². The van der Waals surface area contributed by atoms with E-state index in [0.717, 1.165) is 25.7 Å². The summed E-state index contributed by atoms with van der Waals surface area (Å²) in [5.41, 5.74) is 0.515. The number of nitrogens with zero attached hydrogens (tertiary/aromatic N) is 1. The molecule has 1 heterocycles. The van der Waals surface area contributed by atoms with Crippen molar-refractivity contribution in [2.75, 3.05) is 11.9 Å². The van der Waals surface area contributed by atoms with Gasteiger partial charge in [-0.25, -0.2) is 4.98 Å². The molecule has 1 aliphatic carbocycles. The third kappa shape index (κ3) is 3.81. The van der Waals surface area contributed by atoms with Crippen LogP contribution in [0.25, 0.3) is 0 Å². The van der Waals surface area contributed by atoms with E-state index in [4.69, 9.17) is 0 Å². The molecule has 5 nitrogen and oxygen atoms in total. The molecule has 0 saturated heterocycles. The molecule has 1 aromatic heterocycles. The van der Waals surface area contributed by atoms with Crippen LogP contribution in [0.1, 0.15) is 36.0 Å². The predicted molar refractivity (Wildman–Crippen MR) is 78.7 cm³/mol. The Morgan fingerprint density at radius 3 is 2.90 bits per heavy atom. The largest absolute Gasteiger partial charge is 0.391 e. The number of carbonyl (C=O) groups is 1. The number of amides is 1. The summed E-state index contributed by atoms with van der Waals surface area (Å²) >= 11 is 0. The van der Waals surface area contributed by atoms with Crippen LogP contribution in [-0.4, -0.2) is 34.7 Å². The fourth-order valence-electron chi connectivity index (χ4n) is 2.35. The lowest BCUT2D eigenvalue weighted by molar-refractivity contribution is 0.0957. The molecule has 1 saturated carbocycles. The second-order valence-corrected chi connectivity index (χ2v) is 5.03. The smallest absolute Gasteiger partial charge is 0.253 e. The normalized spacial score (nSPS) is 22.1. The van der Waals surface area contributed by atoms with Gasteiger partial charge in [-0.05, 0) is 25.0 Å². The van der Waals surface area contributed by atoms with Gasteiger partial charge < -0.3 is 15.7 Å². The lowest BCUT2D eigenvalue weighted by Crippen LogP contribution is -2.36. The number of nitrogens with one attached hydrogen (secondary N) is 2. The van der Waals surface area contributed by atoms with Crippen molar-refractivity contribution in [3.05, 3.63) is 36.5 Å². The standard InChI is InChI=1S/C15H21N3O2/c1-2-9-16-15(20)11-7-8-14(17-10-11)18-12-5-3-4-6-13(12)19/h2,7-8,10,12-13,19H,1,3-6,9H2,(H,16,20)(H,17,18)/t12-,13+/m0/s1. The highest BCUT2D eigenvalue weighted by atomic mass is 16.3. The van der Waals surface area contributed by atoms with Gasteiger partial charge >= 0.3 is 0 Å². The molecular weight excluding hydrogens is 254 g/mol. The van der Waals surface area contributed by atoms with Crippen LogP contribution in [0.15, 0.2) is 31.0 Å². The van der Waals surface area contributed by atoms with Crippen LogP contribution in [0.2, 0.25) is 0 Å². The summed E-state index contributed by atoms with van der Waals surface area (Å²) in [6, 6.07) is 3.55. The molecule has 1 aliphatic rings. The number of aromatic nitrogens is 1. The van der Waals surface area contributed by atoms with Crippen molar-refractivity contribution in [2.24, 2.45) is 0 Å². The molecule has 0 unspecified atom stereocenters. The minimum absolute atomic E-state index is 0.0525. The quantitative estimate of drug-likeness (QED) is 0.715. The average Bonchev–Trinajstić information content (AvgIpc) is 2.48. The van der Waals surface area contributed by atoms with Gasteiger partial charge in [0.25, 0.3) is 5.91 Å². The van der Waals surface area contributed by atoms with E-state index in [-0.39, 0.29) is 18.1 Å². The lowest BCUT2D eigenvalue weighted by atomic mass is 9.92. The van der Waals surface area contributed by atoms with Crippen LogP contribution in [-0.2, 0) is 0 Å². The van der Waals surface area contributed by atoms with Crippen molar-refractivity contribution in [1.82, 2.24) is 10.3 Å². The molecule has 108 valence electrons. The van der Waals surface area contributed by atoms with E-state index in [1.165, 1.54) is 6.20 Å². The van der Waals surface area contributed by atoms with E-state index in [9.17, 15) is 9.90 Å². The molecule has 0 spiro atoms. The molecule has 20 heavy (non-hydrogen) atoms. The van der Waals surface area contributed by atoms with Gasteiger partial charge in [0.15, 0.2) is 0 Å². The van der Waals surface area contributed by atoms with Gasteiger partial charge in [-0.1, -0.05) is 18.9 Å². The zero-order valence-corrected chi connectivity index (χ0v) is 11.5. The van der Waals surface area contributed by atoms with E-state index >= 15 is 0 Å². The first-order valence-electron chi connectivity index (χ1n) is 7.00. The third-order valence-corrected chi connectivity index (χ3v) is 3.50. The Bertz CT molecular complexity index is 459. The summed E-state index contributed by atoms with van der Waals surface area (Å²) < 4.78 is 0. The van der Waals surface area contributed by atoms with E-state index in [0.29, 0.717) is 17.9 Å². The molecular formula is C15H21N3O2. The van der Waals surface area contributed by atoms with Gasteiger partial charge in [0, 0.05) is 12.7 Å². The van der Waals surface area contributed by atoms with E-state index in [1.807, 2.05) is 0 Å². The summed E-state index contributed by atoms with van der Waals surface area (Å²) in [6.07, 6.45) is 6.83. The fraction of sp³-hybridized carbons (Fsp3) is 0.467. The number of aliphatic hydroxyl groups excluding tert-OH is 1. The highest BCUT2D eigenvalue weighted by Crippen LogP contribution is 2.21. The highest BCUT2D eigenvalue weighted by molar-refractivity contribution is 5.94. The second-order valence-electron chi connectivity index (χ2n) is 5.03. The first kappa shape index (κ1) is 14.5. The van der Waals surface area contributed by atoms with E-state index < -0.39 is 0 Å².